The summed E-state index contributed by atoms with van der Waals surface area (Å²) >= 11 is 4.98. The maximum absolute atomic E-state index is 11.7. The summed E-state index contributed by atoms with van der Waals surface area (Å²) in [5.74, 6) is 3.35. The van der Waals surface area contributed by atoms with Crippen molar-refractivity contribution in [1.82, 2.24) is 9.78 Å². The quantitative estimate of drug-likeness (QED) is 0.660. The van der Waals surface area contributed by atoms with E-state index in [4.69, 9.17) is 6.42 Å². The van der Waals surface area contributed by atoms with E-state index in [9.17, 15) is 4.79 Å². The number of terminal acetylenes is 1. The number of nitrogens with one attached hydrogen (secondary N) is 1. The molecule has 0 aliphatic carbocycles. The van der Waals surface area contributed by atoms with Gasteiger partial charge in [-0.15, -0.1) is 6.42 Å². The van der Waals surface area contributed by atoms with Crippen molar-refractivity contribution in [2.45, 2.75) is 6.54 Å². The lowest BCUT2D eigenvalue weighted by Crippen LogP contribution is -2.24. The average molecular weight is 302 g/mol. The number of aromatic nitrogens is 2. The first-order chi connectivity index (χ1) is 7.70. The minimum Gasteiger partial charge on any atom is -0.382 e. The summed E-state index contributed by atoms with van der Waals surface area (Å²) in [5, 5.41) is 7.10. The molecule has 1 heterocycles. The van der Waals surface area contributed by atoms with Gasteiger partial charge in [-0.05, 0) is 22.2 Å². The summed E-state index contributed by atoms with van der Waals surface area (Å²) in [4.78, 5) is 11.7. The summed E-state index contributed by atoms with van der Waals surface area (Å²) in [6, 6.07) is 0. The number of thioether (sulfide) groups is 1. The molecule has 0 unspecified atom stereocenters. The molecular formula is C10H12BrN3OS. The second-order valence-electron chi connectivity index (χ2n) is 2.96. The Morgan fingerprint density at radius 1 is 1.75 bits per heavy atom. The predicted octanol–water partition coefficient (Wildman–Crippen LogP) is 1.41. The molecule has 0 aliphatic heterocycles. The second kappa shape index (κ2) is 6.61. The molecule has 0 saturated heterocycles. The van der Waals surface area contributed by atoms with E-state index in [1.807, 2.05) is 6.26 Å². The molecule has 1 aromatic rings. The summed E-state index contributed by atoms with van der Waals surface area (Å²) < 4.78 is 1.71. The van der Waals surface area contributed by atoms with Crippen LogP contribution >= 0.6 is 27.7 Å². The van der Waals surface area contributed by atoms with Crippen molar-refractivity contribution in [2.24, 2.45) is 0 Å². The Hall–Kier alpha value is -0.930. The number of hydrogen-bond acceptors (Lipinski definition) is 4. The topological polar surface area (TPSA) is 46.9 Å². The van der Waals surface area contributed by atoms with Crippen molar-refractivity contribution >= 4 is 33.4 Å². The molecule has 86 valence electrons. The average Bonchev–Trinajstić information content (AvgIpc) is 2.28. The van der Waals surface area contributed by atoms with E-state index in [0.29, 0.717) is 10.2 Å². The number of anilines is 1. The molecule has 0 saturated carbocycles. The van der Waals surface area contributed by atoms with Crippen molar-refractivity contribution in [1.29, 1.82) is 0 Å². The number of rotatable bonds is 5. The van der Waals surface area contributed by atoms with Gasteiger partial charge in [0.1, 0.15) is 11.0 Å². The third-order valence-corrected chi connectivity index (χ3v) is 3.23. The third kappa shape index (κ3) is 3.29. The SMILES string of the molecule is C#CCn1ncc(NCCSC)c(Br)c1=O. The van der Waals surface area contributed by atoms with Crippen LogP contribution in [0.4, 0.5) is 5.69 Å². The lowest BCUT2D eigenvalue weighted by molar-refractivity contribution is 0.659. The molecule has 0 amide bonds. The lowest BCUT2D eigenvalue weighted by Gasteiger charge is -2.08. The fourth-order valence-electron chi connectivity index (χ4n) is 1.08. The Labute approximate surface area is 107 Å². The largest absolute Gasteiger partial charge is 0.382 e. The number of hydrogen-bond donors (Lipinski definition) is 1. The van der Waals surface area contributed by atoms with Crippen LogP contribution in [-0.4, -0.2) is 28.3 Å². The highest BCUT2D eigenvalue weighted by Gasteiger charge is 2.07. The zero-order valence-corrected chi connectivity index (χ0v) is 11.3. The number of nitrogens with zero attached hydrogens (tertiary/aromatic N) is 2. The van der Waals surface area contributed by atoms with E-state index in [1.165, 1.54) is 4.68 Å². The molecule has 1 aromatic heterocycles. The van der Waals surface area contributed by atoms with Crippen molar-refractivity contribution in [3.63, 3.8) is 0 Å². The van der Waals surface area contributed by atoms with Gasteiger partial charge in [0, 0.05) is 12.3 Å². The summed E-state index contributed by atoms with van der Waals surface area (Å²) in [5.41, 5.74) is 0.486. The van der Waals surface area contributed by atoms with Gasteiger partial charge < -0.3 is 5.32 Å². The Bertz CT molecular complexity index is 452. The van der Waals surface area contributed by atoms with Crippen LogP contribution in [0.1, 0.15) is 0 Å². The van der Waals surface area contributed by atoms with Gasteiger partial charge in [0.15, 0.2) is 0 Å². The van der Waals surface area contributed by atoms with E-state index < -0.39 is 0 Å². The Kier molecular flexibility index (Phi) is 5.43. The zero-order chi connectivity index (χ0) is 12.0. The maximum atomic E-state index is 11.7. The molecule has 0 spiro atoms. The molecule has 6 heteroatoms. The van der Waals surface area contributed by atoms with Crippen LogP contribution in [0.25, 0.3) is 0 Å². The molecule has 0 bridgehead atoms. The molecule has 16 heavy (non-hydrogen) atoms. The van der Waals surface area contributed by atoms with Gasteiger partial charge in [-0.2, -0.15) is 16.9 Å². The third-order valence-electron chi connectivity index (χ3n) is 1.85. The Balaban J connectivity index is 2.86. The van der Waals surface area contributed by atoms with Gasteiger partial charge >= 0.3 is 0 Å². The smallest absolute Gasteiger partial charge is 0.284 e. The molecule has 1 N–H and O–H groups in total. The molecule has 0 atom stereocenters. The molecule has 0 aliphatic rings. The molecule has 1 rings (SSSR count). The predicted molar refractivity (Wildman–Crippen MR) is 71.9 cm³/mol. The molecular weight excluding hydrogens is 290 g/mol. The van der Waals surface area contributed by atoms with Crippen molar-refractivity contribution < 1.29 is 0 Å². The Morgan fingerprint density at radius 3 is 3.12 bits per heavy atom. The van der Waals surface area contributed by atoms with Crippen LogP contribution in [0.3, 0.4) is 0 Å². The number of halogens is 1. The van der Waals surface area contributed by atoms with E-state index in [2.05, 4.69) is 32.3 Å². The molecule has 4 nitrogen and oxygen atoms in total. The lowest BCUT2D eigenvalue weighted by atomic mass is 10.4. The van der Waals surface area contributed by atoms with Crippen LogP contribution in [-0.2, 0) is 6.54 Å². The molecule has 0 aromatic carbocycles. The van der Waals surface area contributed by atoms with Crippen LogP contribution in [0.2, 0.25) is 0 Å². The van der Waals surface area contributed by atoms with Crippen molar-refractivity contribution in [3.05, 3.63) is 21.0 Å². The van der Waals surface area contributed by atoms with Crippen LogP contribution in [0, 0.1) is 12.3 Å². The highest BCUT2D eigenvalue weighted by molar-refractivity contribution is 9.10. The standard InChI is InChI=1S/C10H12BrN3OS/c1-3-5-14-10(15)9(11)8(7-13-14)12-4-6-16-2/h1,7,12H,4-6H2,2H3. The monoisotopic (exact) mass is 301 g/mol. The molecule has 0 fully saturated rings. The molecule has 0 radical (unpaired) electrons. The van der Waals surface area contributed by atoms with Gasteiger partial charge in [0.25, 0.3) is 5.56 Å². The highest BCUT2D eigenvalue weighted by Crippen LogP contribution is 2.15. The Morgan fingerprint density at radius 2 is 2.50 bits per heavy atom. The van der Waals surface area contributed by atoms with E-state index in [-0.39, 0.29) is 12.1 Å². The summed E-state index contributed by atoms with van der Waals surface area (Å²) in [6.07, 6.45) is 8.76. The van der Waals surface area contributed by atoms with Gasteiger partial charge in [-0.1, -0.05) is 5.92 Å². The van der Waals surface area contributed by atoms with Gasteiger partial charge in [-0.25, -0.2) is 4.68 Å². The zero-order valence-electron chi connectivity index (χ0n) is 8.86. The van der Waals surface area contributed by atoms with Crippen molar-refractivity contribution in [2.75, 3.05) is 23.9 Å². The summed E-state index contributed by atoms with van der Waals surface area (Å²) in [7, 11) is 0. The maximum Gasteiger partial charge on any atom is 0.284 e. The van der Waals surface area contributed by atoms with Crippen LogP contribution in [0.15, 0.2) is 15.5 Å². The van der Waals surface area contributed by atoms with E-state index >= 15 is 0 Å². The minimum atomic E-state index is -0.216. The minimum absolute atomic E-state index is 0.183. The van der Waals surface area contributed by atoms with E-state index in [1.54, 1.807) is 18.0 Å². The fraction of sp³-hybridized carbons (Fsp3) is 0.400. The van der Waals surface area contributed by atoms with Crippen LogP contribution in [0.5, 0.6) is 0 Å². The second-order valence-corrected chi connectivity index (χ2v) is 4.74. The first-order valence-corrected chi connectivity index (χ1v) is 6.81. The van der Waals surface area contributed by atoms with Crippen LogP contribution < -0.4 is 10.9 Å². The first-order valence-electron chi connectivity index (χ1n) is 4.62. The van der Waals surface area contributed by atoms with Gasteiger partial charge in [-0.3, -0.25) is 4.79 Å². The van der Waals surface area contributed by atoms with E-state index in [0.717, 1.165) is 12.3 Å². The van der Waals surface area contributed by atoms with Gasteiger partial charge in [0.2, 0.25) is 0 Å². The van der Waals surface area contributed by atoms with Gasteiger partial charge in [0.05, 0.1) is 11.9 Å². The summed E-state index contributed by atoms with van der Waals surface area (Å²) in [6.45, 7) is 0.975. The first kappa shape index (κ1) is 13.1. The highest BCUT2D eigenvalue weighted by atomic mass is 79.9. The normalized spacial score (nSPS) is 9.81. The fourth-order valence-corrected chi connectivity index (χ4v) is 1.83. The van der Waals surface area contributed by atoms with Crippen molar-refractivity contribution in [3.8, 4) is 12.3 Å².